The zero-order chi connectivity index (χ0) is 19.7. The minimum atomic E-state index is -2.95. The van der Waals surface area contributed by atoms with Crippen molar-refractivity contribution in [3.63, 3.8) is 0 Å². The lowest BCUT2D eigenvalue weighted by Crippen LogP contribution is -2.14. The van der Waals surface area contributed by atoms with Crippen LogP contribution in [0, 0.1) is 0 Å². The van der Waals surface area contributed by atoms with E-state index >= 15 is 0 Å². The predicted octanol–water partition coefficient (Wildman–Crippen LogP) is 5.22. The number of alkyl halides is 2. The van der Waals surface area contributed by atoms with E-state index in [1.807, 2.05) is 0 Å². The predicted molar refractivity (Wildman–Crippen MR) is 98.7 cm³/mol. The highest BCUT2D eigenvalue weighted by atomic mass is 35.5. The molecule has 0 spiro atoms. The van der Waals surface area contributed by atoms with Gasteiger partial charge in [-0.15, -0.1) is 0 Å². The molecule has 3 rings (SSSR count). The third-order valence-corrected chi connectivity index (χ3v) is 4.31. The number of primary amides is 1. The number of carbonyl (C=O) groups excluding carboxylic acids is 1. The Morgan fingerprint density at radius 1 is 1.19 bits per heavy atom. The summed E-state index contributed by atoms with van der Waals surface area (Å²) >= 11 is 12.0. The number of hydrogen-bond acceptors (Lipinski definition) is 3. The van der Waals surface area contributed by atoms with Gasteiger partial charge in [0.1, 0.15) is 17.2 Å². The van der Waals surface area contributed by atoms with Gasteiger partial charge in [0.15, 0.2) is 0 Å². The van der Waals surface area contributed by atoms with Crippen LogP contribution in [0.2, 0.25) is 10.0 Å². The molecule has 0 aliphatic rings. The van der Waals surface area contributed by atoms with Crippen LogP contribution < -0.4 is 10.5 Å². The summed E-state index contributed by atoms with van der Waals surface area (Å²) in [4.78, 5) is 11.9. The molecule has 0 radical (unpaired) electrons. The van der Waals surface area contributed by atoms with Crippen molar-refractivity contribution in [2.75, 3.05) is 0 Å². The number of nitrogens with two attached hydrogens (primary N) is 1. The van der Waals surface area contributed by atoms with Gasteiger partial charge in [0, 0.05) is 17.6 Å². The summed E-state index contributed by atoms with van der Waals surface area (Å²) in [5, 5.41) is 4.46. The molecule has 0 saturated carbocycles. The van der Waals surface area contributed by atoms with E-state index in [9.17, 15) is 13.6 Å². The monoisotopic (exact) mass is 411 g/mol. The van der Waals surface area contributed by atoms with Crippen molar-refractivity contribution in [1.29, 1.82) is 0 Å². The molecule has 0 aliphatic heterocycles. The number of aromatic nitrogens is 2. The Labute approximate surface area is 163 Å². The van der Waals surface area contributed by atoms with Gasteiger partial charge in [-0.3, -0.25) is 9.48 Å². The third-order valence-electron chi connectivity index (χ3n) is 3.78. The van der Waals surface area contributed by atoms with Gasteiger partial charge in [-0.05, 0) is 30.3 Å². The van der Waals surface area contributed by atoms with E-state index in [0.29, 0.717) is 16.3 Å². The molecule has 2 aromatic carbocycles. The van der Waals surface area contributed by atoms with Crippen molar-refractivity contribution >= 4 is 29.1 Å². The molecule has 27 heavy (non-hydrogen) atoms. The number of ether oxygens (including phenoxy) is 1. The van der Waals surface area contributed by atoms with Crippen LogP contribution in [0.15, 0.2) is 42.5 Å². The second-order valence-electron chi connectivity index (χ2n) is 5.57. The first-order valence-corrected chi connectivity index (χ1v) is 8.42. The number of benzene rings is 2. The summed E-state index contributed by atoms with van der Waals surface area (Å²) in [6.07, 6.45) is -2.95. The smallest absolute Gasteiger partial charge is 0.282 e. The number of halogens is 4. The Kier molecular flexibility index (Phi) is 5.34. The highest BCUT2D eigenvalue weighted by Crippen LogP contribution is 2.39. The molecule has 0 unspecified atom stereocenters. The number of para-hydroxylation sites is 1. The van der Waals surface area contributed by atoms with Crippen LogP contribution in [-0.4, -0.2) is 15.7 Å². The van der Waals surface area contributed by atoms with Crippen molar-refractivity contribution in [2.45, 2.75) is 6.43 Å². The highest BCUT2D eigenvalue weighted by Gasteiger charge is 2.28. The molecule has 1 aromatic heterocycles. The molecular weight excluding hydrogens is 399 g/mol. The standard InChI is InChI=1S/C18H13Cl2F2N3O2/c1-25-16(14(18(23)26)15(24-25)17(21)22)10-4-2-3-5-12(10)27-13-7-6-9(19)8-11(13)20/h2-8,17H,1H3,(H2,23,26). The minimum Gasteiger partial charge on any atom is -0.455 e. The zero-order valence-electron chi connectivity index (χ0n) is 13.9. The maximum absolute atomic E-state index is 13.3. The van der Waals surface area contributed by atoms with E-state index in [1.54, 1.807) is 36.4 Å². The highest BCUT2D eigenvalue weighted by molar-refractivity contribution is 6.35. The summed E-state index contributed by atoms with van der Waals surface area (Å²) < 4.78 is 33.6. The Hall–Kier alpha value is -2.64. The Morgan fingerprint density at radius 3 is 2.52 bits per heavy atom. The summed E-state index contributed by atoms with van der Waals surface area (Å²) in [6.45, 7) is 0. The second kappa shape index (κ2) is 7.54. The number of aryl methyl sites for hydroxylation is 1. The van der Waals surface area contributed by atoms with Gasteiger partial charge in [-0.25, -0.2) is 8.78 Å². The number of carbonyl (C=O) groups is 1. The molecule has 0 saturated heterocycles. The summed E-state index contributed by atoms with van der Waals surface area (Å²) in [5.41, 5.74) is 4.79. The first-order chi connectivity index (χ1) is 12.8. The Morgan fingerprint density at radius 2 is 1.89 bits per heavy atom. The van der Waals surface area contributed by atoms with Crippen LogP contribution in [-0.2, 0) is 7.05 Å². The average molecular weight is 412 g/mol. The average Bonchev–Trinajstić information content (AvgIpc) is 2.95. The number of rotatable bonds is 5. The van der Waals surface area contributed by atoms with E-state index in [2.05, 4.69) is 5.10 Å². The van der Waals surface area contributed by atoms with E-state index in [1.165, 1.54) is 17.8 Å². The van der Waals surface area contributed by atoms with Gasteiger partial charge in [-0.2, -0.15) is 5.10 Å². The van der Waals surface area contributed by atoms with E-state index in [-0.39, 0.29) is 22.0 Å². The number of hydrogen-bond donors (Lipinski definition) is 1. The second-order valence-corrected chi connectivity index (χ2v) is 6.41. The van der Waals surface area contributed by atoms with Crippen LogP contribution in [0.3, 0.4) is 0 Å². The summed E-state index contributed by atoms with van der Waals surface area (Å²) in [6, 6.07) is 11.3. The van der Waals surface area contributed by atoms with E-state index in [0.717, 1.165) is 0 Å². The number of nitrogens with zero attached hydrogens (tertiary/aromatic N) is 2. The Bertz CT molecular complexity index is 1020. The van der Waals surface area contributed by atoms with Crippen LogP contribution in [0.4, 0.5) is 8.78 Å². The van der Waals surface area contributed by atoms with Crippen LogP contribution in [0.1, 0.15) is 22.5 Å². The lowest BCUT2D eigenvalue weighted by molar-refractivity contribution is 0.0985. The first-order valence-electron chi connectivity index (χ1n) is 7.66. The third kappa shape index (κ3) is 3.74. The fraction of sp³-hybridized carbons (Fsp3) is 0.111. The van der Waals surface area contributed by atoms with Crippen LogP contribution >= 0.6 is 23.2 Å². The fourth-order valence-electron chi connectivity index (χ4n) is 2.68. The Balaban J connectivity index is 2.16. The van der Waals surface area contributed by atoms with E-state index < -0.39 is 18.0 Å². The molecule has 2 N–H and O–H groups in total. The fourth-order valence-corrected chi connectivity index (χ4v) is 3.12. The lowest BCUT2D eigenvalue weighted by Gasteiger charge is -2.13. The van der Waals surface area contributed by atoms with Crippen molar-refractivity contribution < 1.29 is 18.3 Å². The van der Waals surface area contributed by atoms with Gasteiger partial charge in [0.2, 0.25) is 0 Å². The molecule has 0 bridgehead atoms. The quantitative estimate of drug-likeness (QED) is 0.625. The summed E-state index contributed by atoms with van der Waals surface area (Å²) in [5.74, 6) is -0.411. The van der Waals surface area contributed by atoms with Gasteiger partial charge in [0.05, 0.1) is 16.3 Å². The van der Waals surface area contributed by atoms with Crippen LogP contribution in [0.5, 0.6) is 11.5 Å². The van der Waals surface area contributed by atoms with Gasteiger partial charge in [0.25, 0.3) is 12.3 Å². The molecular formula is C18H13Cl2F2N3O2. The van der Waals surface area contributed by atoms with Crippen molar-refractivity contribution in [3.8, 4) is 22.8 Å². The lowest BCUT2D eigenvalue weighted by atomic mass is 10.0. The molecule has 1 amide bonds. The molecule has 0 atom stereocenters. The summed E-state index contributed by atoms with van der Waals surface area (Å²) in [7, 11) is 1.44. The minimum absolute atomic E-state index is 0.124. The largest absolute Gasteiger partial charge is 0.455 e. The van der Waals surface area contributed by atoms with E-state index in [4.69, 9.17) is 33.7 Å². The molecule has 1 heterocycles. The molecule has 140 valence electrons. The van der Waals surface area contributed by atoms with Crippen molar-refractivity contribution in [3.05, 3.63) is 63.8 Å². The molecule has 9 heteroatoms. The topological polar surface area (TPSA) is 70.1 Å². The van der Waals surface area contributed by atoms with Gasteiger partial charge < -0.3 is 10.5 Å². The molecule has 0 aliphatic carbocycles. The normalized spacial score (nSPS) is 11.0. The van der Waals surface area contributed by atoms with Gasteiger partial charge >= 0.3 is 0 Å². The molecule has 5 nitrogen and oxygen atoms in total. The van der Waals surface area contributed by atoms with Gasteiger partial charge in [-0.1, -0.05) is 35.3 Å². The molecule has 3 aromatic rings. The first kappa shape index (κ1) is 19.1. The zero-order valence-corrected chi connectivity index (χ0v) is 15.4. The van der Waals surface area contributed by atoms with Crippen molar-refractivity contribution in [1.82, 2.24) is 9.78 Å². The SMILES string of the molecule is Cn1nc(C(F)F)c(C(N)=O)c1-c1ccccc1Oc1ccc(Cl)cc1Cl. The molecule has 0 fully saturated rings. The maximum Gasteiger partial charge on any atom is 0.282 e. The van der Waals surface area contributed by atoms with Crippen LogP contribution in [0.25, 0.3) is 11.3 Å². The number of amides is 1. The maximum atomic E-state index is 13.3. The van der Waals surface area contributed by atoms with Crippen molar-refractivity contribution in [2.24, 2.45) is 12.8 Å².